The molecule has 0 saturated heterocycles. The Morgan fingerprint density at radius 2 is 1.89 bits per heavy atom. The van der Waals surface area contributed by atoms with Crippen molar-refractivity contribution in [2.75, 3.05) is 0 Å². The second-order valence-corrected chi connectivity index (χ2v) is 5.34. The van der Waals surface area contributed by atoms with Gasteiger partial charge in [-0.3, -0.25) is 4.79 Å². The first-order valence-corrected chi connectivity index (χ1v) is 6.52. The summed E-state index contributed by atoms with van der Waals surface area (Å²) >= 11 is 1.44. The summed E-state index contributed by atoms with van der Waals surface area (Å²) in [6.45, 7) is 2.00. The molecule has 0 N–H and O–H groups in total. The topological polar surface area (TPSA) is 30.0 Å². The smallest absolute Gasteiger partial charge is 0.178 e. The van der Waals surface area contributed by atoms with Crippen LogP contribution in [0.15, 0.2) is 42.5 Å². The number of benzene rings is 2. The van der Waals surface area contributed by atoms with Crippen molar-refractivity contribution in [3.8, 4) is 11.3 Å². The van der Waals surface area contributed by atoms with Crippen molar-refractivity contribution >= 4 is 28.4 Å². The lowest BCUT2D eigenvalue weighted by Crippen LogP contribution is -1.84. The van der Waals surface area contributed by atoms with E-state index >= 15 is 0 Å². The fraction of sp³-hybridized carbons (Fsp3) is 0.0667. The molecule has 0 aliphatic heterocycles. The van der Waals surface area contributed by atoms with Gasteiger partial charge in [0, 0.05) is 10.4 Å². The van der Waals surface area contributed by atoms with Crippen molar-refractivity contribution < 1.29 is 4.79 Å². The van der Waals surface area contributed by atoms with Crippen LogP contribution in [-0.4, -0.2) is 11.3 Å². The third-order valence-corrected chi connectivity index (χ3v) is 3.85. The van der Waals surface area contributed by atoms with Gasteiger partial charge in [-0.1, -0.05) is 42.5 Å². The van der Waals surface area contributed by atoms with E-state index in [9.17, 15) is 4.79 Å². The number of thiazole rings is 1. The van der Waals surface area contributed by atoms with Gasteiger partial charge in [-0.05, 0) is 17.7 Å². The summed E-state index contributed by atoms with van der Waals surface area (Å²) in [5, 5.41) is 2.90. The van der Waals surface area contributed by atoms with Crippen LogP contribution in [0.5, 0.6) is 0 Å². The first-order valence-electron chi connectivity index (χ1n) is 5.70. The van der Waals surface area contributed by atoms with E-state index in [0.717, 1.165) is 22.4 Å². The Morgan fingerprint density at radius 1 is 1.11 bits per heavy atom. The minimum atomic E-state index is 0.537. The van der Waals surface area contributed by atoms with Gasteiger partial charge < -0.3 is 0 Å². The van der Waals surface area contributed by atoms with Gasteiger partial charge in [0.05, 0.1) is 5.69 Å². The molecule has 2 aromatic carbocycles. The van der Waals surface area contributed by atoms with Crippen molar-refractivity contribution in [1.82, 2.24) is 4.98 Å². The van der Waals surface area contributed by atoms with Crippen LogP contribution in [0.3, 0.4) is 0 Å². The van der Waals surface area contributed by atoms with E-state index in [0.29, 0.717) is 5.01 Å². The first kappa shape index (κ1) is 11.1. The van der Waals surface area contributed by atoms with Gasteiger partial charge in [-0.15, -0.1) is 11.3 Å². The lowest BCUT2D eigenvalue weighted by Gasteiger charge is -2.04. The molecule has 3 rings (SSSR count). The highest BCUT2D eigenvalue weighted by atomic mass is 32.1. The normalized spacial score (nSPS) is 10.7. The number of fused-ring (bicyclic) bond motifs is 1. The lowest BCUT2D eigenvalue weighted by molar-refractivity contribution is 0.112. The van der Waals surface area contributed by atoms with Crippen LogP contribution in [-0.2, 0) is 0 Å². The third kappa shape index (κ3) is 1.73. The van der Waals surface area contributed by atoms with E-state index in [1.54, 1.807) is 0 Å². The van der Waals surface area contributed by atoms with Crippen LogP contribution in [0, 0.1) is 6.92 Å². The quantitative estimate of drug-likeness (QED) is 0.644. The van der Waals surface area contributed by atoms with E-state index < -0.39 is 0 Å². The Bertz CT molecular complexity index is 725. The number of aldehydes is 1. The molecule has 2 nitrogen and oxygen atoms in total. The summed E-state index contributed by atoms with van der Waals surface area (Å²) in [5.74, 6) is 0. The fourth-order valence-corrected chi connectivity index (χ4v) is 2.90. The van der Waals surface area contributed by atoms with Crippen molar-refractivity contribution in [1.29, 1.82) is 0 Å². The third-order valence-electron chi connectivity index (χ3n) is 2.96. The first-order chi connectivity index (χ1) is 8.79. The molecular weight excluding hydrogens is 242 g/mol. The Labute approximate surface area is 109 Å². The molecule has 0 aliphatic rings. The molecule has 0 saturated carbocycles. The number of nitrogens with zero attached hydrogens (tertiary/aromatic N) is 1. The van der Waals surface area contributed by atoms with Crippen LogP contribution in [0.25, 0.3) is 22.0 Å². The molecule has 0 amide bonds. The maximum absolute atomic E-state index is 10.8. The van der Waals surface area contributed by atoms with Gasteiger partial charge in [0.1, 0.15) is 0 Å². The Balaban J connectivity index is 2.31. The molecule has 0 bridgehead atoms. The zero-order valence-corrected chi connectivity index (χ0v) is 10.7. The maximum atomic E-state index is 10.8. The number of rotatable bonds is 2. The molecule has 0 aliphatic carbocycles. The molecule has 0 unspecified atom stereocenters. The van der Waals surface area contributed by atoms with Crippen LogP contribution in [0.4, 0.5) is 0 Å². The SMILES string of the molecule is Cc1sc(C=O)nc1-c1cccc2ccccc12. The molecule has 0 spiro atoms. The predicted molar refractivity (Wildman–Crippen MR) is 75.2 cm³/mol. The molecule has 3 heteroatoms. The second kappa shape index (κ2) is 4.35. The van der Waals surface area contributed by atoms with Crippen molar-refractivity contribution in [2.45, 2.75) is 6.92 Å². The molecule has 1 heterocycles. The van der Waals surface area contributed by atoms with E-state index in [-0.39, 0.29) is 0 Å². The van der Waals surface area contributed by atoms with E-state index in [2.05, 4.69) is 29.2 Å². The van der Waals surface area contributed by atoms with Crippen LogP contribution in [0.2, 0.25) is 0 Å². The van der Waals surface area contributed by atoms with Gasteiger partial charge in [0.15, 0.2) is 11.3 Å². The highest BCUT2D eigenvalue weighted by Gasteiger charge is 2.11. The average molecular weight is 253 g/mol. The summed E-state index contributed by atoms with van der Waals surface area (Å²) in [6, 6.07) is 14.4. The number of hydrogen-bond donors (Lipinski definition) is 0. The standard InChI is InChI=1S/C15H11NOS/c1-10-15(16-14(9-17)18-10)13-8-4-6-11-5-2-3-7-12(11)13/h2-9H,1H3. The minimum absolute atomic E-state index is 0.537. The van der Waals surface area contributed by atoms with E-state index in [1.807, 2.05) is 25.1 Å². The fourth-order valence-electron chi connectivity index (χ4n) is 2.15. The van der Waals surface area contributed by atoms with Crippen LogP contribution < -0.4 is 0 Å². The summed E-state index contributed by atoms with van der Waals surface area (Å²) in [6.07, 6.45) is 0.812. The summed E-state index contributed by atoms with van der Waals surface area (Å²) in [5.41, 5.74) is 2.01. The molecule has 18 heavy (non-hydrogen) atoms. The van der Waals surface area contributed by atoms with E-state index in [4.69, 9.17) is 0 Å². The molecule has 88 valence electrons. The highest BCUT2D eigenvalue weighted by Crippen LogP contribution is 2.32. The Kier molecular flexibility index (Phi) is 2.68. The minimum Gasteiger partial charge on any atom is -0.295 e. The number of aryl methyl sites for hydroxylation is 1. The molecule has 0 atom stereocenters. The summed E-state index contributed by atoms with van der Waals surface area (Å²) < 4.78 is 0. The summed E-state index contributed by atoms with van der Waals surface area (Å²) in [4.78, 5) is 16.3. The predicted octanol–water partition coefficient (Wildman–Crippen LogP) is 4.08. The maximum Gasteiger partial charge on any atom is 0.178 e. The van der Waals surface area contributed by atoms with Gasteiger partial charge in [-0.2, -0.15) is 0 Å². The van der Waals surface area contributed by atoms with Crippen molar-refractivity contribution in [3.63, 3.8) is 0 Å². The molecule has 0 fully saturated rings. The van der Waals surface area contributed by atoms with Gasteiger partial charge in [-0.25, -0.2) is 4.98 Å². The van der Waals surface area contributed by atoms with Crippen LogP contribution >= 0.6 is 11.3 Å². The zero-order chi connectivity index (χ0) is 12.5. The van der Waals surface area contributed by atoms with Crippen molar-refractivity contribution in [3.05, 3.63) is 52.3 Å². The second-order valence-electron chi connectivity index (χ2n) is 4.10. The molecular formula is C15H11NOS. The molecule has 3 aromatic rings. The Hall–Kier alpha value is -2.00. The monoisotopic (exact) mass is 253 g/mol. The average Bonchev–Trinajstić information content (AvgIpc) is 2.79. The van der Waals surface area contributed by atoms with Gasteiger partial charge >= 0.3 is 0 Å². The van der Waals surface area contributed by atoms with Gasteiger partial charge in [0.2, 0.25) is 0 Å². The zero-order valence-electron chi connectivity index (χ0n) is 9.88. The highest BCUT2D eigenvalue weighted by molar-refractivity contribution is 7.13. The van der Waals surface area contributed by atoms with E-state index in [1.165, 1.54) is 22.1 Å². The number of carbonyl (C=O) groups is 1. The number of hydrogen-bond acceptors (Lipinski definition) is 3. The molecule has 0 radical (unpaired) electrons. The van der Waals surface area contributed by atoms with Gasteiger partial charge in [0.25, 0.3) is 0 Å². The largest absolute Gasteiger partial charge is 0.295 e. The number of aromatic nitrogens is 1. The van der Waals surface area contributed by atoms with Crippen molar-refractivity contribution in [2.24, 2.45) is 0 Å². The Morgan fingerprint density at radius 3 is 2.67 bits per heavy atom. The molecule has 1 aromatic heterocycles. The number of carbonyl (C=O) groups excluding carboxylic acids is 1. The summed E-state index contributed by atoms with van der Waals surface area (Å²) in [7, 11) is 0. The van der Waals surface area contributed by atoms with Crippen LogP contribution in [0.1, 0.15) is 14.7 Å². The lowest BCUT2D eigenvalue weighted by atomic mass is 10.0.